The van der Waals surface area contributed by atoms with Gasteiger partial charge in [0, 0.05) is 12.1 Å². The summed E-state index contributed by atoms with van der Waals surface area (Å²) in [6.07, 6.45) is 0.272. The number of carbonyl (C=O) groups is 1. The van der Waals surface area contributed by atoms with E-state index in [1.807, 2.05) is 20.8 Å². The Balaban J connectivity index is 2.27. The summed E-state index contributed by atoms with van der Waals surface area (Å²) in [4.78, 5) is 11.9. The third-order valence-electron chi connectivity index (χ3n) is 2.52. The number of nitrogens with zero attached hydrogens (tertiary/aromatic N) is 2. The van der Waals surface area contributed by atoms with Crippen LogP contribution in [-0.2, 0) is 17.7 Å². The van der Waals surface area contributed by atoms with Crippen LogP contribution in [0.3, 0.4) is 0 Å². The molecule has 0 spiro atoms. The van der Waals surface area contributed by atoms with Crippen molar-refractivity contribution in [1.29, 1.82) is 0 Å². The Morgan fingerprint density at radius 1 is 1.53 bits per heavy atom. The maximum absolute atomic E-state index is 11.9. The first-order chi connectivity index (χ1) is 7.88. The van der Waals surface area contributed by atoms with Crippen LogP contribution in [0, 0.1) is 0 Å². The van der Waals surface area contributed by atoms with E-state index in [0.29, 0.717) is 12.4 Å². The molecule has 2 rings (SSSR count). The highest BCUT2D eigenvalue weighted by atomic mass is 16.6. The zero-order chi connectivity index (χ0) is 12.6. The van der Waals surface area contributed by atoms with Crippen molar-refractivity contribution in [1.82, 2.24) is 15.1 Å². The molecule has 3 N–H and O–H groups in total. The fraction of sp³-hybridized carbons (Fsp3) is 0.636. The predicted octanol–water partition coefficient (Wildman–Crippen LogP) is 0.894. The van der Waals surface area contributed by atoms with Gasteiger partial charge in [-0.3, -0.25) is 0 Å². The molecule has 0 radical (unpaired) electrons. The largest absolute Gasteiger partial charge is 0.442 e. The molecule has 1 aliphatic heterocycles. The molecule has 2 heterocycles. The number of hydrogen-bond donors (Lipinski definition) is 2. The molecule has 17 heavy (non-hydrogen) atoms. The molecule has 6 heteroatoms. The molecule has 0 amide bonds. The Morgan fingerprint density at radius 3 is 2.82 bits per heavy atom. The predicted molar refractivity (Wildman–Crippen MR) is 63.7 cm³/mol. The average molecular weight is 238 g/mol. The lowest BCUT2D eigenvalue weighted by Gasteiger charge is -2.19. The van der Waals surface area contributed by atoms with E-state index in [4.69, 9.17) is 10.5 Å². The maximum atomic E-state index is 11.9. The van der Waals surface area contributed by atoms with E-state index in [1.54, 1.807) is 0 Å². The molecule has 0 atom stereocenters. The molecule has 1 aromatic rings. The van der Waals surface area contributed by atoms with E-state index in [-0.39, 0.29) is 0 Å². The second-order valence-corrected chi connectivity index (χ2v) is 5.13. The minimum absolute atomic E-state index is 0.399. The highest BCUT2D eigenvalue weighted by Crippen LogP contribution is 2.21. The summed E-state index contributed by atoms with van der Waals surface area (Å²) < 4.78 is 6.40. The molecular weight excluding hydrogens is 220 g/mol. The molecule has 1 aromatic heterocycles. The van der Waals surface area contributed by atoms with Gasteiger partial charge in [0.15, 0.2) is 0 Å². The van der Waals surface area contributed by atoms with E-state index in [0.717, 1.165) is 28.9 Å². The van der Waals surface area contributed by atoms with Crippen molar-refractivity contribution in [2.45, 2.75) is 39.3 Å². The maximum Gasteiger partial charge on any atom is 0.437 e. The zero-order valence-corrected chi connectivity index (χ0v) is 10.4. The van der Waals surface area contributed by atoms with Gasteiger partial charge >= 0.3 is 6.09 Å². The fourth-order valence-electron chi connectivity index (χ4n) is 1.79. The number of nitrogens with two attached hydrogens (primary N) is 1. The normalized spacial score (nSPS) is 15.5. The minimum Gasteiger partial charge on any atom is -0.442 e. The van der Waals surface area contributed by atoms with Gasteiger partial charge in [0.05, 0.1) is 5.69 Å². The molecule has 1 aliphatic rings. The highest BCUT2D eigenvalue weighted by Gasteiger charge is 2.25. The quantitative estimate of drug-likeness (QED) is 0.701. The van der Waals surface area contributed by atoms with Crippen molar-refractivity contribution in [2.24, 2.45) is 0 Å². The van der Waals surface area contributed by atoms with Crippen molar-refractivity contribution in [2.75, 3.05) is 12.3 Å². The first-order valence-corrected chi connectivity index (χ1v) is 5.69. The van der Waals surface area contributed by atoms with Crippen LogP contribution in [0.5, 0.6) is 0 Å². The Labute approximate surface area is 100 Å². The summed E-state index contributed by atoms with van der Waals surface area (Å²) in [7, 11) is 0. The lowest BCUT2D eigenvalue weighted by Crippen LogP contribution is -2.28. The molecule has 0 saturated heterocycles. The van der Waals surface area contributed by atoms with E-state index < -0.39 is 11.7 Å². The van der Waals surface area contributed by atoms with Gasteiger partial charge in [0.2, 0.25) is 0 Å². The molecule has 6 nitrogen and oxygen atoms in total. The summed E-state index contributed by atoms with van der Waals surface area (Å²) in [5.74, 6) is 0.399. The lowest BCUT2D eigenvalue weighted by molar-refractivity contribution is 0.0518. The van der Waals surface area contributed by atoms with Crippen LogP contribution in [-0.4, -0.2) is 28.0 Å². The van der Waals surface area contributed by atoms with Crippen molar-refractivity contribution in [3.05, 3.63) is 11.3 Å². The first-order valence-electron chi connectivity index (χ1n) is 5.69. The third-order valence-corrected chi connectivity index (χ3v) is 2.52. The summed E-state index contributed by atoms with van der Waals surface area (Å²) in [5, 5.41) is 7.37. The van der Waals surface area contributed by atoms with Crippen molar-refractivity contribution in [3.8, 4) is 0 Å². The van der Waals surface area contributed by atoms with Gasteiger partial charge in [-0.15, -0.1) is 4.68 Å². The number of fused-ring (bicyclic) bond motifs is 1. The van der Waals surface area contributed by atoms with Gasteiger partial charge in [0.1, 0.15) is 11.4 Å². The van der Waals surface area contributed by atoms with Gasteiger partial charge in [-0.25, -0.2) is 4.79 Å². The average Bonchev–Trinajstić information content (AvgIpc) is 2.55. The Bertz CT molecular complexity index is 445. The number of hydrogen-bond acceptors (Lipinski definition) is 5. The standard InChI is InChI=1S/C11H18N4O2/c1-11(2,3)17-10(16)15-9(12)7-4-5-13-6-8(7)14-15/h13H,4-6,12H2,1-3H3. The van der Waals surface area contributed by atoms with Crippen molar-refractivity contribution in [3.63, 3.8) is 0 Å². The molecular formula is C11H18N4O2. The van der Waals surface area contributed by atoms with Crippen LogP contribution in [0.15, 0.2) is 0 Å². The van der Waals surface area contributed by atoms with Crippen LogP contribution in [0.25, 0.3) is 0 Å². The van der Waals surface area contributed by atoms with Gasteiger partial charge in [-0.1, -0.05) is 0 Å². The van der Waals surface area contributed by atoms with Crippen molar-refractivity contribution >= 4 is 11.9 Å². The van der Waals surface area contributed by atoms with Crippen LogP contribution in [0.2, 0.25) is 0 Å². The Hall–Kier alpha value is -1.56. The third kappa shape index (κ3) is 2.41. The topological polar surface area (TPSA) is 82.2 Å². The van der Waals surface area contributed by atoms with Gasteiger partial charge in [-0.05, 0) is 33.7 Å². The molecule has 0 aromatic carbocycles. The van der Waals surface area contributed by atoms with Gasteiger partial charge < -0.3 is 15.8 Å². The number of ether oxygens (including phenoxy) is 1. The summed E-state index contributed by atoms with van der Waals surface area (Å²) in [6, 6.07) is 0. The molecule has 0 saturated carbocycles. The van der Waals surface area contributed by atoms with Crippen LogP contribution < -0.4 is 11.1 Å². The van der Waals surface area contributed by atoms with Crippen LogP contribution >= 0.6 is 0 Å². The summed E-state index contributed by atoms with van der Waals surface area (Å²) in [6.45, 7) is 6.94. The van der Waals surface area contributed by atoms with Gasteiger partial charge in [0.25, 0.3) is 0 Å². The summed E-state index contributed by atoms with van der Waals surface area (Å²) >= 11 is 0. The summed E-state index contributed by atoms with van der Waals surface area (Å²) in [5.41, 5.74) is 7.15. The number of aromatic nitrogens is 2. The second-order valence-electron chi connectivity index (χ2n) is 5.13. The lowest BCUT2D eigenvalue weighted by atomic mass is 10.1. The Kier molecular flexibility index (Phi) is 2.82. The number of rotatable bonds is 0. The fourth-order valence-corrected chi connectivity index (χ4v) is 1.79. The van der Waals surface area contributed by atoms with Crippen LogP contribution in [0.1, 0.15) is 32.0 Å². The molecule has 0 unspecified atom stereocenters. The monoisotopic (exact) mass is 238 g/mol. The number of anilines is 1. The molecule has 0 bridgehead atoms. The zero-order valence-electron chi connectivity index (χ0n) is 10.4. The SMILES string of the molecule is CC(C)(C)OC(=O)n1nc2c(c1N)CCNC2. The molecule has 94 valence electrons. The highest BCUT2D eigenvalue weighted by molar-refractivity contribution is 5.75. The van der Waals surface area contributed by atoms with Crippen molar-refractivity contribution < 1.29 is 9.53 Å². The van der Waals surface area contributed by atoms with Gasteiger partial charge in [-0.2, -0.15) is 5.10 Å². The second kappa shape index (κ2) is 4.03. The molecule has 0 aliphatic carbocycles. The van der Waals surface area contributed by atoms with E-state index >= 15 is 0 Å². The van der Waals surface area contributed by atoms with Crippen LogP contribution in [0.4, 0.5) is 10.6 Å². The smallest absolute Gasteiger partial charge is 0.437 e. The van der Waals surface area contributed by atoms with E-state index in [9.17, 15) is 4.79 Å². The first kappa shape index (κ1) is 11.9. The molecule has 0 fully saturated rings. The van der Waals surface area contributed by atoms with E-state index in [2.05, 4.69) is 10.4 Å². The number of nitrogen functional groups attached to an aromatic ring is 1. The Morgan fingerprint density at radius 2 is 2.24 bits per heavy atom. The number of carbonyl (C=O) groups excluding carboxylic acids is 1. The minimum atomic E-state index is -0.547. The van der Waals surface area contributed by atoms with E-state index in [1.165, 1.54) is 0 Å². The number of nitrogens with one attached hydrogen (secondary N) is 1.